The number of hydrogen-bond acceptors (Lipinski definition) is 2. The SMILES string of the molecule is CCC(C)NC(NC)C(C)(C)CC. The van der Waals surface area contributed by atoms with Crippen molar-refractivity contribution in [3.63, 3.8) is 0 Å². The van der Waals surface area contributed by atoms with E-state index in [1.54, 1.807) is 0 Å². The summed E-state index contributed by atoms with van der Waals surface area (Å²) in [7, 11) is 2.03. The van der Waals surface area contributed by atoms with Crippen LogP contribution in [0.15, 0.2) is 0 Å². The van der Waals surface area contributed by atoms with Gasteiger partial charge in [-0.2, -0.15) is 0 Å². The van der Waals surface area contributed by atoms with Crippen LogP contribution >= 0.6 is 0 Å². The van der Waals surface area contributed by atoms with E-state index < -0.39 is 0 Å². The molecule has 0 spiro atoms. The van der Waals surface area contributed by atoms with Gasteiger partial charge in [0.05, 0.1) is 6.17 Å². The number of nitrogens with one attached hydrogen (secondary N) is 2. The highest BCUT2D eigenvalue weighted by Crippen LogP contribution is 2.23. The van der Waals surface area contributed by atoms with Crippen molar-refractivity contribution in [3.8, 4) is 0 Å². The van der Waals surface area contributed by atoms with Gasteiger partial charge in [-0.3, -0.25) is 5.32 Å². The summed E-state index contributed by atoms with van der Waals surface area (Å²) in [6, 6.07) is 0.586. The van der Waals surface area contributed by atoms with Gasteiger partial charge >= 0.3 is 0 Å². The van der Waals surface area contributed by atoms with E-state index >= 15 is 0 Å². The highest BCUT2D eigenvalue weighted by molar-refractivity contribution is 4.81. The Morgan fingerprint density at radius 3 is 2.08 bits per heavy atom. The third kappa shape index (κ3) is 4.10. The van der Waals surface area contributed by atoms with Crippen molar-refractivity contribution in [2.75, 3.05) is 7.05 Å². The average Bonchev–Trinajstić information content (AvgIpc) is 2.13. The minimum absolute atomic E-state index is 0.318. The Morgan fingerprint density at radius 2 is 1.77 bits per heavy atom. The smallest absolute Gasteiger partial charge is 0.0623 e. The quantitative estimate of drug-likeness (QED) is 0.622. The molecule has 0 aromatic heterocycles. The van der Waals surface area contributed by atoms with Crippen molar-refractivity contribution in [2.45, 2.75) is 59.7 Å². The Labute approximate surface area is 83.5 Å². The van der Waals surface area contributed by atoms with Crippen LogP contribution < -0.4 is 10.6 Å². The fraction of sp³-hybridized carbons (Fsp3) is 1.00. The predicted molar refractivity (Wildman–Crippen MR) is 59.8 cm³/mol. The molecule has 0 aliphatic carbocycles. The van der Waals surface area contributed by atoms with E-state index in [0.29, 0.717) is 17.6 Å². The van der Waals surface area contributed by atoms with Crippen LogP contribution in [0.2, 0.25) is 0 Å². The van der Waals surface area contributed by atoms with Crippen molar-refractivity contribution >= 4 is 0 Å². The van der Waals surface area contributed by atoms with Gasteiger partial charge in [0, 0.05) is 6.04 Å². The summed E-state index contributed by atoms with van der Waals surface area (Å²) in [6.45, 7) is 11.3. The molecule has 2 unspecified atom stereocenters. The Balaban J connectivity index is 4.17. The van der Waals surface area contributed by atoms with Crippen LogP contribution in [0.3, 0.4) is 0 Å². The molecule has 0 saturated heterocycles. The standard InChI is InChI=1S/C11H26N2/c1-7-9(3)13-10(12-6)11(4,5)8-2/h9-10,12-13H,7-8H2,1-6H3. The second-order valence-electron chi connectivity index (χ2n) is 4.54. The van der Waals surface area contributed by atoms with Crippen LogP contribution in [0.1, 0.15) is 47.5 Å². The topological polar surface area (TPSA) is 24.1 Å². The molecule has 0 aromatic rings. The molecule has 0 heterocycles. The molecule has 0 amide bonds. The van der Waals surface area contributed by atoms with Gasteiger partial charge in [0.25, 0.3) is 0 Å². The summed E-state index contributed by atoms with van der Waals surface area (Å²) in [5.74, 6) is 0. The zero-order valence-electron chi connectivity index (χ0n) is 10.1. The monoisotopic (exact) mass is 186 g/mol. The second-order valence-corrected chi connectivity index (χ2v) is 4.54. The molecule has 0 radical (unpaired) electrons. The summed E-state index contributed by atoms with van der Waals surface area (Å²) in [5.41, 5.74) is 0.318. The van der Waals surface area contributed by atoms with Crippen LogP contribution in [0.4, 0.5) is 0 Å². The fourth-order valence-corrected chi connectivity index (χ4v) is 1.31. The van der Waals surface area contributed by atoms with E-state index in [-0.39, 0.29) is 0 Å². The molecule has 0 aliphatic heterocycles. The largest absolute Gasteiger partial charge is 0.305 e. The van der Waals surface area contributed by atoms with Crippen LogP contribution in [-0.2, 0) is 0 Å². The van der Waals surface area contributed by atoms with Gasteiger partial charge < -0.3 is 5.32 Å². The van der Waals surface area contributed by atoms with Crippen molar-refractivity contribution < 1.29 is 0 Å². The minimum atomic E-state index is 0.318. The van der Waals surface area contributed by atoms with Crippen molar-refractivity contribution in [3.05, 3.63) is 0 Å². The molecular weight excluding hydrogens is 160 g/mol. The maximum absolute atomic E-state index is 3.60. The second kappa shape index (κ2) is 5.61. The normalized spacial score (nSPS) is 17.1. The van der Waals surface area contributed by atoms with E-state index in [1.807, 2.05) is 7.05 Å². The molecule has 13 heavy (non-hydrogen) atoms. The van der Waals surface area contributed by atoms with Gasteiger partial charge in [0.15, 0.2) is 0 Å². The van der Waals surface area contributed by atoms with E-state index in [9.17, 15) is 0 Å². The molecule has 2 N–H and O–H groups in total. The van der Waals surface area contributed by atoms with Gasteiger partial charge in [-0.05, 0) is 32.2 Å². The summed E-state index contributed by atoms with van der Waals surface area (Å²) >= 11 is 0. The van der Waals surface area contributed by atoms with E-state index in [4.69, 9.17) is 0 Å². The van der Waals surface area contributed by atoms with E-state index in [2.05, 4.69) is 45.3 Å². The van der Waals surface area contributed by atoms with Crippen molar-refractivity contribution in [1.82, 2.24) is 10.6 Å². The number of rotatable bonds is 6. The first-order valence-corrected chi connectivity index (χ1v) is 5.41. The van der Waals surface area contributed by atoms with E-state index in [1.165, 1.54) is 12.8 Å². The van der Waals surface area contributed by atoms with E-state index in [0.717, 1.165) is 0 Å². The Kier molecular flexibility index (Phi) is 5.57. The fourth-order valence-electron chi connectivity index (χ4n) is 1.31. The van der Waals surface area contributed by atoms with Crippen LogP contribution in [0.5, 0.6) is 0 Å². The minimum Gasteiger partial charge on any atom is -0.305 e. The van der Waals surface area contributed by atoms with Gasteiger partial charge in [0.2, 0.25) is 0 Å². The van der Waals surface area contributed by atoms with Gasteiger partial charge in [-0.15, -0.1) is 0 Å². The summed E-state index contributed by atoms with van der Waals surface area (Å²) in [6.07, 6.45) is 2.77. The molecule has 0 aliphatic rings. The molecule has 2 nitrogen and oxygen atoms in total. The highest BCUT2D eigenvalue weighted by Gasteiger charge is 2.26. The van der Waals surface area contributed by atoms with Gasteiger partial charge in [-0.1, -0.05) is 27.7 Å². The lowest BCUT2D eigenvalue weighted by Crippen LogP contribution is -2.53. The lowest BCUT2D eigenvalue weighted by Gasteiger charge is -2.36. The highest BCUT2D eigenvalue weighted by atomic mass is 15.1. The molecule has 2 heteroatoms. The summed E-state index contributed by atoms with van der Waals surface area (Å²) in [4.78, 5) is 0. The number of hydrogen-bond donors (Lipinski definition) is 2. The lowest BCUT2D eigenvalue weighted by molar-refractivity contribution is 0.189. The molecule has 0 aromatic carbocycles. The first kappa shape index (κ1) is 12.9. The molecule has 2 atom stereocenters. The Hall–Kier alpha value is -0.0800. The molecule has 0 bridgehead atoms. The average molecular weight is 186 g/mol. The molecule has 80 valence electrons. The molecule has 0 rings (SSSR count). The zero-order chi connectivity index (χ0) is 10.5. The van der Waals surface area contributed by atoms with Crippen LogP contribution in [-0.4, -0.2) is 19.3 Å². The van der Waals surface area contributed by atoms with Crippen LogP contribution in [0.25, 0.3) is 0 Å². The Bertz CT molecular complexity index is 132. The lowest BCUT2D eigenvalue weighted by atomic mass is 9.86. The van der Waals surface area contributed by atoms with Crippen molar-refractivity contribution in [2.24, 2.45) is 5.41 Å². The van der Waals surface area contributed by atoms with Crippen molar-refractivity contribution in [1.29, 1.82) is 0 Å². The Morgan fingerprint density at radius 1 is 1.23 bits per heavy atom. The summed E-state index contributed by atoms with van der Waals surface area (Å²) in [5, 5.41) is 6.94. The maximum atomic E-state index is 3.60. The molecular formula is C11H26N2. The van der Waals surface area contributed by atoms with Gasteiger partial charge in [-0.25, -0.2) is 0 Å². The maximum Gasteiger partial charge on any atom is 0.0623 e. The molecule has 0 fully saturated rings. The van der Waals surface area contributed by atoms with Crippen LogP contribution in [0, 0.1) is 5.41 Å². The first-order valence-electron chi connectivity index (χ1n) is 5.41. The molecule has 0 saturated carbocycles. The first-order chi connectivity index (χ1) is 5.97. The summed E-state index contributed by atoms with van der Waals surface area (Å²) < 4.78 is 0. The third-order valence-corrected chi connectivity index (χ3v) is 3.04. The third-order valence-electron chi connectivity index (χ3n) is 3.04. The zero-order valence-corrected chi connectivity index (χ0v) is 10.1. The van der Waals surface area contributed by atoms with Gasteiger partial charge in [0.1, 0.15) is 0 Å². The predicted octanol–water partition coefficient (Wildman–Crippen LogP) is 2.36.